The number of carbonyl (C=O) groups is 1. The van der Waals surface area contributed by atoms with Gasteiger partial charge in [-0.3, -0.25) is 0 Å². The summed E-state index contributed by atoms with van der Waals surface area (Å²) in [6.45, 7) is -1.30. The van der Waals surface area contributed by atoms with E-state index in [-0.39, 0.29) is 11.3 Å². The second-order valence-corrected chi connectivity index (χ2v) is 2.68. The van der Waals surface area contributed by atoms with E-state index in [0.29, 0.717) is 12.1 Å². The number of carbonyl (C=O) groups excluding carboxylic acids is 1. The van der Waals surface area contributed by atoms with Crippen LogP contribution in [0.25, 0.3) is 0 Å². The zero-order valence-electron chi connectivity index (χ0n) is 7.60. The molecule has 0 saturated carbocycles. The Morgan fingerprint density at radius 2 is 1.93 bits per heavy atom. The molecule has 82 valence electrons. The zero-order chi connectivity index (χ0) is 11.4. The van der Waals surface area contributed by atoms with E-state index in [2.05, 4.69) is 4.74 Å². The van der Waals surface area contributed by atoms with Gasteiger partial charge in [0.25, 0.3) is 0 Å². The number of anilines is 1. The summed E-state index contributed by atoms with van der Waals surface area (Å²) in [5, 5.41) is 0. The average molecular weight is 219 g/mol. The quantitative estimate of drug-likeness (QED) is 0.621. The van der Waals surface area contributed by atoms with Crippen molar-refractivity contribution in [1.82, 2.24) is 0 Å². The van der Waals surface area contributed by atoms with E-state index in [0.717, 1.165) is 0 Å². The summed E-state index contributed by atoms with van der Waals surface area (Å²) in [6.07, 6.45) is 0. The van der Waals surface area contributed by atoms with E-state index >= 15 is 0 Å². The molecule has 0 radical (unpaired) electrons. The average Bonchev–Trinajstić information content (AvgIpc) is 2.20. The lowest BCUT2D eigenvalue weighted by Crippen LogP contribution is -2.11. The van der Waals surface area contributed by atoms with Gasteiger partial charge in [-0.15, -0.1) is 0 Å². The molecule has 0 aliphatic rings. The van der Waals surface area contributed by atoms with Gasteiger partial charge in [-0.1, -0.05) is 0 Å². The van der Waals surface area contributed by atoms with Crippen LogP contribution in [-0.2, 0) is 4.74 Å². The van der Waals surface area contributed by atoms with Gasteiger partial charge in [-0.2, -0.15) is 0 Å². The zero-order valence-corrected chi connectivity index (χ0v) is 7.60. The van der Waals surface area contributed by atoms with Gasteiger partial charge in [-0.25, -0.2) is 18.0 Å². The summed E-state index contributed by atoms with van der Waals surface area (Å²) >= 11 is 0. The van der Waals surface area contributed by atoms with Gasteiger partial charge in [0, 0.05) is 11.8 Å². The van der Waals surface area contributed by atoms with Crippen molar-refractivity contribution >= 4 is 11.7 Å². The van der Waals surface area contributed by atoms with Crippen LogP contribution in [-0.4, -0.2) is 19.3 Å². The molecule has 0 amide bonds. The minimum absolute atomic E-state index is 0.252. The van der Waals surface area contributed by atoms with Crippen molar-refractivity contribution in [1.29, 1.82) is 0 Å². The molecule has 0 unspecified atom stereocenters. The molecule has 0 heterocycles. The number of halogens is 3. The van der Waals surface area contributed by atoms with Crippen LogP contribution < -0.4 is 5.73 Å². The highest BCUT2D eigenvalue weighted by atomic mass is 19.2. The molecule has 0 fully saturated rings. The van der Waals surface area contributed by atoms with E-state index in [9.17, 15) is 18.0 Å². The SMILES string of the molecule is Nc1cc(F)c(F)cc1C(=O)OCCF. The van der Waals surface area contributed by atoms with Crippen LogP contribution >= 0.6 is 0 Å². The highest BCUT2D eigenvalue weighted by Crippen LogP contribution is 2.17. The number of alkyl halides is 1. The third-order valence-corrected chi connectivity index (χ3v) is 1.62. The second-order valence-electron chi connectivity index (χ2n) is 2.68. The van der Waals surface area contributed by atoms with Crippen LogP contribution in [0, 0.1) is 11.6 Å². The van der Waals surface area contributed by atoms with Gasteiger partial charge in [0.15, 0.2) is 11.6 Å². The lowest BCUT2D eigenvalue weighted by Gasteiger charge is -2.05. The molecule has 15 heavy (non-hydrogen) atoms. The molecule has 6 heteroatoms. The molecule has 2 N–H and O–H groups in total. The maximum Gasteiger partial charge on any atom is 0.340 e. The van der Waals surface area contributed by atoms with Gasteiger partial charge in [0.1, 0.15) is 13.3 Å². The Balaban J connectivity index is 2.94. The van der Waals surface area contributed by atoms with Crippen molar-refractivity contribution in [2.45, 2.75) is 0 Å². The molecule has 0 bridgehead atoms. The molecule has 0 saturated heterocycles. The Morgan fingerprint density at radius 3 is 2.53 bits per heavy atom. The second kappa shape index (κ2) is 4.68. The molecule has 0 aliphatic heterocycles. The van der Waals surface area contributed by atoms with Gasteiger partial charge in [0.05, 0.1) is 5.56 Å². The molecule has 0 aliphatic carbocycles. The first kappa shape index (κ1) is 11.4. The van der Waals surface area contributed by atoms with E-state index in [1.165, 1.54) is 0 Å². The molecule has 0 spiro atoms. The summed E-state index contributed by atoms with van der Waals surface area (Å²) in [5.41, 5.74) is 4.69. The number of hydrogen-bond donors (Lipinski definition) is 1. The fourth-order valence-electron chi connectivity index (χ4n) is 0.948. The molecule has 1 rings (SSSR count). The summed E-state index contributed by atoms with van der Waals surface area (Å²) in [6, 6.07) is 1.28. The number of benzene rings is 1. The lowest BCUT2D eigenvalue weighted by atomic mass is 10.1. The molecular formula is C9H8F3NO2. The fourth-order valence-corrected chi connectivity index (χ4v) is 0.948. The van der Waals surface area contributed by atoms with E-state index in [1.54, 1.807) is 0 Å². The predicted molar refractivity (Wildman–Crippen MR) is 47.0 cm³/mol. The summed E-state index contributed by atoms with van der Waals surface area (Å²) < 4.78 is 41.4. The van der Waals surface area contributed by atoms with Crippen LogP contribution in [0.5, 0.6) is 0 Å². The van der Waals surface area contributed by atoms with Crippen molar-refractivity contribution in [3.63, 3.8) is 0 Å². The van der Waals surface area contributed by atoms with Crippen LogP contribution in [0.15, 0.2) is 12.1 Å². The largest absolute Gasteiger partial charge is 0.459 e. The first-order chi connectivity index (χ1) is 7.06. The third kappa shape index (κ3) is 2.61. The molecule has 1 aromatic carbocycles. The maximum atomic E-state index is 12.7. The number of esters is 1. The summed E-state index contributed by atoms with van der Waals surface area (Å²) in [4.78, 5) is 11.1. The highest BCUT2D eigenvalue weighted by molar-refractivity contribution is 5.95. The number of hydrogen-bond acceptors (Lipinski definition) is 3. The minimum atomic E-state index is -1.21. The monoisotopic (exact) mass is 219 g/mol. The molecule has 0 atom stereocenters. The summed E-state index contributed by atoms with van der Waals surface area (Å²) in [5.74, 6) is -3.35. The molecule has 0 aromatic heterocycles. The van der Waals surface area contributed by atoms with Crippen molar-refractivity contribution in [2.75, 3.05) is 19.0 Å². The first-order valence-electron chi connectivity index (χ1n) is 4.04. The number of ether oxygens (including phenoxy) is 1. The van der Waals surface area contributed by atoms with Gasteiger partial charge in [0.2, 0.25) is 0 Å². The topological polar surface area (TPSA) is 52.3 Å². The van der Waals surface area contributed by atoms with Crippen LogP contribution in [0.3, 0.4) is 0 Å². The highest BCUT2D eigenvalue weighted by Gasteiger charge is 2.15. The van der Waals surface area contributed by atoms with Crippen LogP contribution in [0.4, 0.5) is 18.9 Å². The van der Waals surface area contributed by atoms with Gasteiger partial charge >= 0.3 is 5.97 Å². The molecular weight excluding hydrogens is 211 g/mol. The Labute approximate surface area is 83.6 Å². The Kier molecular flexibility index (Phi) is 3.54. The normalized spacial score (nSPS) is 10.1. The summed E-state index contributed by atoms with van der Waals surface area (Å²) in [7, 11) is 0. The fraction of sp³-hybridized carbons (Fsp3) is 0.222. The number of nitrogen functional groups attached to an aromatic ring is 1. The molecule has 3 nitrogen and oxygen atoms in total. The maximum absolute atomic E-state index is 12.7. The first-order valence-corrected chi connectivity index (χ1v) is 4.04. The Bertz CT molecular complexity index is 382. The number of rotatable bonds is 3. The van der Waals surface area contributed by atoms with Crippen LogP contribution in [0.2, 0.25) is 0 Å². The van der Waals surface area contributed by atoms with E-state index in [4.69, 9.17) is 5.73 Å². The Morgan fingerprint density at radius 1 is 1.33 bits per heavy atom. The van der Waals surface area contributed by atoms with Crippen molar-refractivity contribution in [3.8, 4) is 0 Å². The standard InChI is InChI=1S/C9H8F3NO2/c10-1-2-15-9(14)5-3-6(11)7(12)4-8(5)13/h3-4H,1-2,13H2. The third-order valence-electron chi connectivity index (χ3n) is 1.62. The van der Waals surface area contributed by atoms with Crippen molar-refractivity contribution < 1.29 is 22.7 Å². The number of nitrogens with two attached hydrogens (primary N) is 1. The van der Waals surface area contributed by atoms with Gasteiger partial charge < -0.3 is 10.5 Å². The lowest BCUT2D eigenvalue weighted by molar-refractivity contribution is 0.0482. The van der Waals surface area contributed by atoms with Crippen LogP contribution in [0.1, 0.15) is 10.4 Å². The van der Waals surface area contributed by atoms with Crippen molar-refractivity contribution in [3.05, 3.63) is 29.3 Å². The van der Waals surface area contributed by atoms with Gasteiger partial charge in [-0.05, 0) is 6.07 Å². The minimum Gasteiger partial charge on any atom is -0.459 e. The van der Waals surface area contributed by atoms with E-state index in [1.807, 2.05) is 0 Å². The Hall–Kier alpha value is -1.72. The van der Waals surface area contributed by atoms with Crippen molar-refractivity contribution in [2.24, 2.45) is 0 Å². The predicted octanol–water partition coefficient (Wildman–Crippen LogP) is 1.67. The smallest absolute Gasteiger partial charge is 0.340 e. The van der Waals surface area contributed by atoms with E-state index < -0.39 is 30.9 Å². The molecule has 1 aromatic rings.